The van der Waals surface area contributed by atoms with Crippen LogP contribution >= 0.6 is 0 Å². The van der Waals surface area contributed by atoms with E-state index in [-0.39, 0.29) is 0 Å². The molecule has 0 spiro atoms. The van der Waals surface area contributed by atoms with Crippen LogP contribution in [0.5, 0.6) is 0 Å². The molecule has 1 heterocycles. The summed E-state index contributed by atoms with van der Waals surface area (Å²) in [6.07, 6.45) is 8.64. The van der Waals surface area contributed by atoms with E-state index >= 15 is 0 Å². The van der Waals surface area contributed by atoms with Crippen molar-refractivity contribution in [2.45, 2.75) is 26.7 Å². The van der Waals surface area contributed by atoms with E-state index in [1.54, 1.807) is 24.8 Å². The van der Waals surface area contributed by atoms with Gasteiger partial charge in [-0.05, 0) is 12.8 Å². The highest BCUT2D eigenvalue weighted by Gasteiger charge is 1.92. The Hall–Kier alpha value is -1.58. The predicted molar refractivity (Wildman–Crippen MR) is 58.9 cm³/mol. The van der Waals surface area contributed by atoms with Crippen molar-refractivity contribution in [2.24, 2.45) is 9.98 Å². The number of aliphatic imine (C=N–C) groups is 2. The number of rotatable bonds is 4. The maximum Gasteiger partial charge on any atom is 0.172 e. The average molecular weight is 190 g/mol. The Kier molecular flexibility index (Phi) is 4.47. The molecule has 4 nitrogen and oxygen atoms in total. The Morgan fingerprint density at radius 2 is 1.57 bits per heavy atom. The van der Waals surface area contributed by atoms with Crippen LogP contribution in [0.25, 0.3) is 0 Å². The van der Waals surface area contributed by atoms with Crippen molar-refractivity contribution in [3.05, 3.63) is 12.4 Å². The van der Waals surface area contributed by atoms with E-state index in [1.807, 2.05) is 13.8 Å². The molecule has 14 heavy (non-hydrogen) atoms. The van der Waals surface area contributed by atoms with Crippen LogP contribution in [0.4, 0.5) is 11.6 Å². The Bertz CT molecular complexity index is 301. The van der Waals surface area contributed by atoms with Crippen LogP contribution in [0.2, 0.25) is 0 Å². The molecule has 4 heteroatoms. The van der Waals surface area contributed by atoms with E-state index < -0.39 is 0 Å². The molecule has 0 aromatic carbocycles. The molecule has 0 aliphatic carbocycles. The van der Waals surface area contributed by atoms with Gasteiger partial charge in [0.15, 0.2) is 11.6 Å². The second kappa shape index (κ2) is 5.96. The maximum atomic E-state index is 4.19. The van der Waals surface area contributed by atoms with E-state index in [0.29, 0.717) is 11.6 Å². The monoisotopic (exact) mass is 190 g/mol. The molecule has 1 aromatic heterocycles. The standard InChI is InChI=1S/C10H14N4/c1-3-5-12-9-7-11-8-10(14-9)13-6-4-2/h5-8H,3-4H2,1-2H3. The van der Waals surface area contributed by atoms with E-state index in [4.69, 9.17) is 0 Å². The molecule has 74 valence electrons. The summed E-state index contributed by atoms with van der Waals surface area (Å²) in [6.45, 7) is 4.05. The maximum absolute atomic E-state index is 4.19. The molecule has 0 saturated carbocycles. The lowest BCUT2D eigenvalue weighted by atomic mass is 10.5. The first-order valence-electron chi connectivity index (χ1n) is 4.74. The molecule has 0 unspecified atom stereocenters. The van der Waals surface area contributed by atoms with Gasteiger partial charge in [-0.2, -0.15) is 0 Å². The van der Waals surface area contributed by atoms with Crippen LogP contribution in [0, 0.1) is 0 Å². The summed E-state index contributed by atoms with van der Waals surface area (Å²) in [5.41, 5.74) is 0. The van der Waals surface area contributed by atoms with Gasteiger partial charge in [-0.1, -0.05) is 13.8 Å². The number of nitrogens with zero attached hydrogens (tertiary/aromatic N) is 4. The summed E-state index contributed by atoms with van der Waals surface area (Å²) in [7, 11) is 0. The summed E-state index contributed by atoms with van der Waals surface area (Å²) in [6, 6.07) is 0. The third-order valence-electron chi connectivity index (χ3n) is 1.42. The molecular weight excluding hydrogens is 176 g/mol. The molecule has 0 aliphatic heterocycles. The highest BCUT2D eigenvalue weighted by Crippen LogP contribution is 2.11. The van der Waals surface area contributed by atoms with Crippen LogP contribution in [0.1, 0.15) is 26.7 Å². The predicted octanol–water partition coefficient (Wildman–Crippen LogP) is 2.70. The Balaban J connectivity index is 2.78. The summed E-state index contributed by atoms with van der Waals surface area (Å²) >= 11 is 0. The molecule has 0 saturated heterocycles. The summed E-state index contributed by atoms with van der Waals surface area (Å²) < 4.78 is 0. The van der Waals surface area contributed by atoms with Crippen LogP contribution in [-0.4, -0.2) is 22.4 Å². The Morgan fingerprint density at radius 3 is 2.00 bits per heavy atom. The van der Waals surface area contributed by atoms with E-state index in [1.165, 1.54) is 0 Å². The first-order chi connectivity index (χ1) is 6.86. The molecular formula is C10H14N4. The zero-order valence-electron chi connectivity index (χ0n) is 8.51. The summed E-state index contributed by atoms with van der Waals surface area (Å²) in [5.74, 6) is 1.22. The highest BCUT2D eigenvalue weighted by atomic mass is 15.0. The van der Waals surface area contributed by atoms with E-state index in [9.17, 15) is 0 Å². The van der Waals surface area contributed by atoms with Gasteiger partial charge in [-0.25, -0.2) is 15.0 Å². The highest BCUT2D eigenvalue weighted by molar-refractivity contribution is 5.63. The lowest BCUT2D eigenvalue weighted by molar-refractivity contribution is 1.15. The van der Waals surface area contributed by atoms with Crippen molar-refractivity contribution in [3.63, 3.8) is 0 Å². The Morgan fingerprint density at radius 1 is 1.07 bits per heavy atom. The molecule has 0 aliphatic rings. The second-order valence-electron chi connectivity index (χ2n) is 2.68. The molecule has 0 fully saturated rings. The Labute approximate surface area is 83.9 Å². The fourth-order valence-electron chi connectivity index (χ4n) is 0.840. The van der Waals surface area contributed by atoms with E-state index in [0.717, 1.165) is 12.8 Å². The average Bonchev–Trinajstić information content (AvgIpc) is 2.24. The molecule has 0 atom stereocenters. The second-order valence-corrected chi connectivity index (χ2v) is 2.68. The summed E-state index contributed by atoms with van der Waals surface area (Å²) in [5, 5.41) is 0. The number of hydrogen-bond acceptors (Lipinski definition) is 4. The number of hydrogen-bond donors (Lipinski definition) is 0. The van der Waals surface area contributed by atoms with Crippen molar-refractivity contribution in [1.82, 2.24) is 9.97 Å². The molecule has 0 amide bonds. The van der Waals surface area contributed by atoms with Gasteiger partial charge in [0.25, 0.3) is 0 Å². The topological polar surface area (TPSA) is 50.5 Å². The largest absolute Gasteiger partial charge is 0.257 e. The first-order valence-corrected chi connectivity index (χ1v) is 4.74. The van der Waals surface area contributed by atoms with Gasteiger partial charge in [0.05, 0.1) is 12.4 Å². The lowest BCUT2D eigenvalue weighted by Crippen LogP contribution is -1.80. The van der Waals surface area contributed by atoms with Crippen molar-refractivity contribution in [1.29, 1.82) is 0 Å². The van der Waals surface area contributed by atoms with Crippen molar-refractivity contribution < 1.29 is 0 Å². The molecule has 1 aromatic rings. The van der Waals surface area contributed by atoms with Crippen LogP contribution < -0.4 is 0 Å². The van der Waals surface area contributed by atoms with Gasteiger partial charge < -0.3 is 0 Å². The zero-order chi connectivity index (χ0) is 10.2. The van der Waals surface area contributed by atoms with Crippen LogP contribution in [0.15, 0.2) is 22.4 Å². The molecule has 0 bridgehead atoms. The first kappa shape index (κ1) is 10.5. The number of aromatic nitrogens is 2. The molecule has 0 N–H and O–H groups in total. The zero-order valence-corrected chi connectivity index (χ0v) is 8.51. The van der Waals surface area contributed by atoms with Crippen molar-refractivity contribution >= 4 is 24.1 Å². The summed E-state index contributed by atoms with van der Waals surface area (Å²) in [4.78, 5) is 16.4. The minimum absolute atomic E-state index is 0.609. The smallest absolute Gasteiger partial charge is 0.172 e. The minimum atomic E-state index is 0.609. The molecule has 1 rings (SSSR count). The van der Waals surface area contributed by atoms with Gasteiger partial charge in [-0.3, -0.25) is 4.98 Å². The van der Waals surface area contributed by atoms with Gasteiger partial charge >= 0.3 is 0 Å². The van der Waals surface area contributed by atoms with Crippen molar-refractivity contribution in [3.8, 4) is 0 Å². The third kappa shape index (κ3) is 3.43. The minimum Gasteiger partial charge on any atom is -0.257 e. The van der Waals surface area contributed by atoms with Gasteiger partial charge in [-0.15, -0.1) is 0 Å². The molecule has 0 radical (unpaired) electrons. The van der Waals surface area contributed by atoms with Gasteiger partial charge in [0, 0.05) is 12.4 Å². The van der Waals surface area contributed by atoms with E-state index in [2.05, 4.69) is 20.0 Å². The fourth-order valence-corrected chi connectivity index (χ4v) is 0.840. The lowest BCUT2D eigenvalue weighted by Gasteiger charge is -1.93. The van der Waals surface area contributed by atoms with Crippen molar-refractivity contribution in [2.75, 3.05) is 0 Å². The normalized spacial score (nSPS) is 11.6. The van der Waals surface area contributed by atoms with Crippen LogP contribution in [-0.2, 0) is 0 Å². The quantitative estimate of drug-likeness (QED) is 0.685. The third-order valence-corrected chi connectivity index (χ3v) is 1.42. The van der Waals surface area contributed by atoms with Crippen LogP contribution in [0.3, 0.4) is 0 Å². The van der Waals surface area contributed by atoms with Gasteiger partial charge in [0.2, 0.25) is 0 Å². The fraction of sp³-hybridized carbons (Fsp3) is 0.400. The SMILES string of the molecule is CCC=Nc1cncc(N=CCC)n1. The van der Waals surface area contributed by atoms with Gasteiger partial charge in [0.1, 0.15) is 0 Å².